The van der Waals surface area contributed by atoms with Gasteiger partial charge in [0.15, 0.2) is 0 Å². The van der Waals surface area contributed by atoms with Crippen LogP contribution < -0.4 is 14.2 Å². The average molecular weight is 236 g/mol. The van der Waals surface area contributed by atoms with Crippen LogP contribution in [0.1, 0.15) is 5.56 Å². The molecule has 0 aliphatic carbocycles. The van der Waals surface area contributed by atoms with Gasteiger partial charge < -0.3 is 14.2 Å². The molecule has 1 aromatic rings. The van der Waals surface area contributed by atoms with Crippen LogP contribution >= 0.6 is 0 Å². The van der Waals surface area contributed by atoms with Crippen LogP contribution in [0, 0.1) is 6.92 Å². The minimum Gasteiger partial charge on any atom is -0.496 e. The van der Waals surface area contributed by atoms with Crippen LogP contribution in [0.4, 0.5) is 13.2 Å². The Morgan fingerprint density at radius 2 is 1.44 bits per heavy atom. The zero-order valence-electron chi connectivity index (χ0n) is 9.01. The molecule has 0 N–H and O–H groups in total. The van der Waals surface area contributed by atoms with Crippen LogP contribution in [-0.4, -0.2) is 20.6 Å². The maximum atomic E-state index is 12.0. The minimum absolute atomic E-state index is 0.276. The molecule has 6 heteroatoms. The highest BCUT2D eigenvalue weighted by Gasteiger charge is 2.31. The molecule has 0 amide bonds. The first-order valence-electron chi connectivity index (χ1n) is 4.35. The molecule has 0 aromatic heterocycles. The number of hydrogen-bond acceptors (Lipinski definition) is 3. The molecular formula is C10H11F3O3. The van der Waals surface area contributed by atoms with Crippen LogP contribution in [0.25, 0.3) is 0 Å². The Balaban J connectivity index is 3.12. The van der Waals surface area contributed by atoms with E-state index in [2.05, 4.69) is 4.74 Å². The van der Waals surface area contributed by atoms with Crippen molar-refractivity contribution in [2.45, 2.75) is 13.3 Å². The summed E-state index contributed by atoms with van der Waals surface area (Å²) in [6, 6.07) is 2.32. The first kappa shape index (κ1) is 12.5. The predicted octanol–water partition coefficient (Wildman–Crippen LogP) is 2.91. The smallest absolute Gasteiger partial charge is 0.496 e. The first-order chi connectivity index (χ1) is 7.37. The van der Waals surface area contributed by atoms with E-state index in [-0.39, 0.29) is 17.2 Å². The lowest BCUT2D eigenvalue weighted by Crippen LogP contribution is -2.17. The van der Waals surface area contributed by atoms with Crippen LogP contribution in [0.15, 0.2) is 12.1 Å². The van der Waals surface area contributed by atoms with Gasteiger partial charge >= 0.3 is 6.36 Å². The van der Waals surface area contributed by atoms with Crippen molar-refractivity contribution in [3.63, 3.8) is 0 Å². The van der Waals surface area contributed by atoms with Gasteiger partial charge in [0, 0.05) is 17.7 Å². The summed E-state index contributed by atoms with van der Waals surface area (Å²) in [7, 11) is 2.72. The largest absolute Gasteiger partial charge is 0.573 e. The SMILES string of the molecule is COc1cc(OC(F)(F)F)cc(OC)c1C. The molecule has 0 unspecified atom stereocenters. The van der Waals surface area contributed by atoms with Crippen molar-refractivity contribution < 1.29 is 27.4 Å². The molecule has 90 valence electrons. The number of methoxy groups -OCH3 is 2. The quantitative estimate of drug-likeness (QED) is 0.807. The van der Waals surface area contributed by atoms with E-state index < -0.39 is 6.36 Å². The van der Waals surface area contributed by atoms with E-state index >= 15 is 0 Å². The second kappa shape index (κ2) is 4.51. The molecule has 0 atom stereocenters. The summed E-state index contributed by atoms with van der Waals surface area (Å²) in [5.74, 6) is 0.184. The Morgan fingerprint density at radius 1 is 1.00 bits per heavy atom. The molecule has 0 fully saturated rings. The van der Waals surface area contributed by atoms with E-state index in [4.69, 9.17) is 9.47 Å². The molecule has 16 heavy (non-hydrogen) atoms. The fourth-order valence-corrected chi connectivity index (χ4v) is 1.25. The molecular weight excluding hydrogens is 225 g/mol. The van der Waals surface area contributed by atoms with Gasteiger partial charge in [-0.05, 0) is 6.92 Å². The summed E-state index contributed by atoms with van der Waals surface area (Å²) in [5, 5.41) is 0. The lowest BCUT2D eigenvalue weighted by Gasteiger charge is -2.14. The van der Waals surface area contributed by atoms with E-state index in [1.807, 2.05) is 0 Å². The van der Waals surface area contributed by atoms with Crippen LogP contribution in [0.2, 0.25) is 0 Å². The van der Waals surface area contributed by atoms with E-state index in [0.29, 0.717) is 5.56 Å². The van der Waals surface area contributed by atoms with Crippen molar-refractivity contribution in [1.29, 1.82) is 0 Å². The van der Waals surface area contributed by atoms with Gasteiger partial charge in [-0.3, -0.25) is 0 Å². The third-order valence-electron chi connectivity index (χ3n) is 1.96. The first-order valence-corrected chi connectivity index (χ1v) is 4.35. The number of alkyl halides is 3. The summed E-state index contributed by atoms with van der Waals surface area (Å²) in [6.45, 7) is 1.68. The molecule has 1 aromatic carbocycles. The third kappa shape index (κ3) is 2.95. The summed E-state index contributed by atoms with van der Waals surface area (Å²) >= 11 is 0. The highest BCUT2D eigenvalue weighted by Crippen LogP contribution is 2.35. The van der Waals surface area contributed by atoms with Crippen LogP contribution in [-0.2, 0) is 0 Å². The van der Waals surface area contributed by atoms with E-state index in [1.54, 1.807) is 6.92 Å². The van der Waals surface area contributed by atoms with E-state index in [9.17, 15) is 13.2 Å². The van der Waals surface area contributed by atoms with Crippen molar-refractivity contribution >= 4 is 0 Å². The maximum absolute atomic E-state index is 12.0. The number of benzene rings is 1. The molecule has 1 rings (SSSR count). The lowest BCUT2D eigenvalue weighted by atomic mass is 10.2. The molecule has 0 heterocycles. The van der Waals surface area contributed by atoms with Gasteiger partial charge in [-0.25, -0.2) is 0 Å². The van der Waals surface area contributed by atoms with Crippen molar-refractivity contribution in [1.82, 2.24) is 0 Å². The molecule has 0 saturated heterocycles. The van der Waals surface area contributed by atoms with E-state index in [0.717, 1.165) is 12.1 Å². The Labute approximate surface area is 90.7 Å². The molecule has 0 aliphatic heterocycles. The van der Waals surface area contributed by atoms with Crippen molar-refractivity contribution in [3.8, 4) is 17.2 Å². The molecule has 0 bridgehead atoms. The van der Waals surface area contributed by atoms with Crippen molar-refractivity contribution in [3.05, 3.63) is 17.7 Å². The number of hydrogen-bond donors (Lipinski definition) is 0. The highest BCUT2D eigenvalue weighted by atomic mass is 19.4. The lowest BCUT2D eigenvalue weighted by molar-refractivity contribution is -0.274. The summed E-state index contributed by atoms with van der Waals surface area (Å²) in [5.41, 5.74) is 0.611. The highest BCUT2D eigenvalue weighted by molar-refractivity contribution is 5.49. The van der Waals surface area contributed by atoms with Crippen molar-refractivity contribution in [2.75, 3.05) is 14.2 Å². The maximum Gasteiger partial charge on any atom is 0.573 e. The average Bonchev–Trinajstić information content (AvgIpc) is 2.18. The second-order valence-electron chi connectivity index (χ2n) is 3.00. The van der Waals surface area contributed by atoms with Gasteiger partial charge in [-0.15, -0.1) is 13.2 Å². The van der Waals surface area contributed by atoms with Gasteiger partial charge in [0.1, 0.15) is 17.2 Å². The van der Waals surface area contributed by atoms with Crippen molar-refractivity contribution in [2.24, 2.45) is 0 Å². The van der Waals surface area contributed by atoms with Gasteiger partial charge in [-0.2, -0.15) is 0 Å². The molecule has 0 spiro atoms. The van der Waals surface area contributed by atoms with Gasteiger partial charge in [-0.1, -0.05) is 0 Å². The van der Waals surface area contributed by atoms with Gasteiger partial charge in [0.2, 0.25) is 0 Å². The topological polar surface area (TPSA) is 27.7 Å². The van der Waals surface area contributed by atoms with Crippen LogP contribution in [0.5, 0.6) is 17.2 Å². The second-order valence-corrected chi connectivity index (χ2v) is 3.00. The fourth-order valence-electron chi connectivity index (χ4n) is 1.25. The Kier molecular flexibility index (Phi) is 3.51. The molecule has 0 aliphatic rings. The zero-order chi connectivity index (χ0) is 12.3. The van der Waals surface area contributed by atoms with Gasteiger partial charge in [0.05, 0.1) is 14.2 Å². The molecule has 0 radical (unpaired) electrons. The van der Waals surface area contributed by atoms with Gasteiger partial charge in [0.25, 0.3) is 0 Å². The predicted molar refractivity (Wildman–Crippen MR) is 51.0 cm³/mol. The number of ether oxygens (including phenoxy) is 3. The zero-order valence-corrected chi connectivity index (χ0v) is 9.01. The summed E-state index contributed by atoms with van der Waals surface area (Å²) in [4.78, 5) is 0. The standard InChI is InChI=1S/C10H11F3O3/c1-6-8(14-2)4-7(5-9(6)15-3)16-10(11,12)13/h4-5H,1-3H3. The normalized spacial score (nSPS) is 11.1. The summed E-state index contributed by atoms with van der Waals surface area (Å²) < 4.78 is 49.6. The monoisotopic (exact) mass is 236 g/mol. The van der Waals surface area contributed by atoms with Crippen LogP contribution in [0.3, 0.4) is 0 Å². The number of rotatable bonds is 3. The summed E-state index contributed by atoms with van der Waals surface area (Å²) in [6.07, 6.45) is -4.73. The molecule has 3 nitrogen and oxygen atoms in total. The third-order valence-corrected chi connectivity index (χ3v) is 1.96. The molecule has 0 saturated carbocycles. The Morgan fingerprint density at radius 3 is 1.75 bits per heavy atom. The fraction of sp³-hybridized carbons (Fsp3) is 0.400. The number of halogens is 3. The Hall–Kier alpha value is -1.59. The minimum atomic E-state index is -4.73. The Bertz CT molecular complexity index is 349. The van der Waals surface area contributed by atoms with E-state index in [1.165, 1.54) is 14.2 Å².